The van der Waals surface area contributed by atoms with Crippen LogP contribution in [0.25, 0.3) is 11.3 Å². The van der Waals surface area contributed by atoms with E-state index in [1.54, 1.807) is 25.4 Å². The highest BCUT2D eigenvalue weighted by Crippen LogP contribution is 2.37. The van der Waals surface area contributed by atoms with E-state index >= 15 is 0 Å². The summed E-state index contributed by atoms with van der Waals surface area (Å²) in [5.41, 5.74) is 1.65. The molecule has 4 rings (SSSR count). The Morgan fingerprint density at radius 3 is 2.61 bits per heavy atom. The van der Waals surface area contributed by atoms with Crippen LogP contribution < -0.4 is 10.1 Å². The van der Waals surface area contributed by atoms with E-state index in [0.717, 1.165) is 17.0 Å². The summed E-state index contributed by atoms with van der Waals surface area (Å²) in [6, 6.07) is 16.3. The van der Waals surface area contributed by atoms with Crippen molar-refractivity contribution in [1.29, 1.82) is 0 Å². The van der Waals surface area contributed by atoms with Crippen molar-refractivity contribution in [3.63, 3.8) is 0 Å². The molecule has 2 heterocycles. The Kier molecular flexibility index (Phi) is 5.12. The zero-order valence-corrected chi connectivity index (χ0v) is 15.5. The largest absolute Gasteiger partial charge is 0.497 e. The molecule has 3 aromatic rings. The summed E-state index contributed by atoms with van der Waals surface area (Å²) >= 11 is 0. The van der Waals surface area contributed by atoms with Gasteiger partial charge in [-0.15, -0.1) is 0 Å². The van der Waals surface area contributed by atoms with Crippen LogP contribution in [-0.4, -0.2) is 29.2 Å². The summed E-state index contributed by atoms with van der Waals surface area (Å²) in [6.45, 7) is 0. The molecule has 2 N–H and O–H groups in total. The van der Waals surface area contributed by atoms with Gasteiger partial charge in [0.25, 0.3) is 5.91 Å². The van der Waals surface area contributed by atoms with Crippen molar-refractivity contribution < 1.29 is 19.1 Å². The van der Waals surface area contributed by atoms with Gasteiger partial charge < -0.3 is 19.6 Å². The van der Waals surface area contributed by atoms with Crippen LogP contribution in [0, 0.1) is 5.92 Å². The predicted octanol–water partition coefficient (Wildman–Crippen LogP) is 3.59. The third-order valence-corrected chi connectivity index (χ3v) is 5.12. The highest BCUT2D eigenvalue weighted by Gasteiger charge is 2.36. The molecule has 1 atom stereocenters. The lowest BCUT2D eigenvalue weighted by atomic mass is 9.76. The first-order chi connectivity index (χ1) is 13.6. The van der Waals surface area contributed by atoms with Gasteiger partial charge in [0.1, 0.15) is 11.5 Å². The van der Waals surface area contributed by atoms with Gasteiger partial charge in [-0.3, -0.25) is 9.78 Å². The Morgan fingerprint density at radius 2 is 1.96 bits per heavy atom. The number of carbonyl (C=O) groups excluding carboxylic acids is 1. The molecule has 1 amide bonds. The number of amides is 1. The van der Waals surface area contributed by atoms with Gasteiger partial charge in [-0.05, 0) is 67.3 Å². The van der Waals surface area contributed by atoms with E-state index in [9.17, 15) is 9.90 Å². The Balaban J connectivity index is 1.51. The number of nitrogens with one attached hydrogen (secondary N) is 1. The lowest BCUT2D eigenvalue weighted by molar-refractivity contribution is 0.0225. The molecule has 0 radical (unpaired) electrons. The Morgan fingerprint density at radius 1 is 1.18 bits per heavy atom. The summed E-state index contributed by atoms with van der Waals surface area (Å²) in [5.74, 6) is 1.48. The van der Waals surface area contributed by atoms with Gasteiger partial charge in [0, 0.05) is 11.8 Å². The number of rotatable bonds is 6. The van der Waals surface area contributed by atoms with E-state index in [-0.39, 0.29) is 29.7 Å². The summed E-state index contributed by atoms with van der Waals surface area (Å²) in [4.78, 5) is 17.2. The van der Waals surface area contributed by atoms with Crippen molar-refractivity contribution in [2.24, 2.45) is 5.92 Å². The van der Waals surface area contributed by atoms with Gasteiger partial charge in [-0.25, -0.2) is 0 Å². The standard InChI is InChI=1S/C22H22N2O4/c1-27-17-7-5-14(6-8-17)19-9-10-20(28-19)22(26)24-21(15-12-16(25)13-15)18-4-2-3-11-23-18/h2-11,15-16,21,25H,12-13H2,1H3,(H,24,26). The van der Waals surface area contributed by atoms with E-state index in [1.807, 2.05) is 42.5 Å². The maximum atomic E-state index is 12.8. The average Bonchev–Trinajstić information content (AvgIpc) is 3.21. The molecule has 144 valence electrons. The Bertz CT molecular complexity index is 931. The first-order valence-electron chi connectivity index (χ1n) is 9.28. The molecule has 6 heteroatoms. The molecule has 0 spiro atoms. The number of carbonyl (C=O) groups is 1. The number of furan rings is 1. The minimum absolute atomic E-state index is 0.157. The molecule has 0 bridgehead atoms. The van der Waals surface area contributed by atoms with E-state index in [0.29, 0.717) is 18.6 Å². The first kappa shape index (κ1) is 18.3. The molecule has 0 saturated heterocycles. The second kappa shape index (κ2) is 7.86. The van der Waals surface area contributed by atoms with E-state index in [2.05, 4.69) is 10.3 Å². The van der Waals surface area contributed by atoms with Gasteiger partial charge in [-0.1, -0.05) is 6.07 Å². The number of benzene rings is 1. The number of nitrogens with zero attached hydrogens (tertiary/aromatic N) is 1. The number of hydrogen-bond donors (Lipinski definition) is 2. The van der Waals surface area contributed by atoms with Crippen LogP contribution in [0.3, 0.4) is 0 Å². The average molecular weight is 378 g/mol. The zero-order valence-electron chi connectivity index (χ0n) is 15.5. The molecule has 1 aliphatic carbocycles. The van der Waals surface area contributed by atoms with E-state index in [1.165, 1.54) is 0 Å². The van der Waals surface area contributed by atoms with E-state index in [4.69, 9.17) is 9.15 Å². The Hall–Kier alpha value is -3.12. The maximum Gasteiger partial charge on any atom is 0.287 e. The maximum absolute atomic E-state index is 12.8. The highest BCUT2D eigenvalue weighted by molar-refractivity contribution is 5.92. The van der Waals surface area contributed by atoms with Crippen LogP contribution in [0.2, 0.25) is 0 Å². The van der Waals surface area contributed by atoms with Gasteiger partial charge in [-0.2, -0.15) is 0 Å². The SMILES string of the molecule is COc1ccc(-c2ccc(C(=O)NC(c3ccccn3)C3CC(O)C3)o2)cc1. The number of methoxy groups -OCH3 is 1. The second-order valence-corrected chi connectivity index (χ2v) is 6.98. The van der Waals surface area contributed by atoms with Crippen molar-refractivity contribution in [3.8, 4) is 17.1 Å². The summed E-state index contributed by atoms with van der Waals surface area (Å²) in [5, 5.41) is 12.7. The molecular weight excluding hydrogens is 356 g/mol. The first-order valence-corrected chi connectivity index (χ1v) is 9.28. The quantitative estimate of drug-likeness (QED) is 0.685. The van der Waals surface area contributed by atoms with Crippen molar-refractivity contribution in [1.82, 2.24) is 10.3 Å². The monoisotopic (exact) mass is 378 g/mol. The minimum atomic E-state index is -0.307. The van der Waals surface area contributed by atoms with Crippen LogP contribution in [0.15, 0.2) is 65.2 Å². The third kappa shape index (κ3) is 3.77. The highest BCUT2D eigenvalue weighted by atomic mass is 16.5. The van der Waals surface area contributed by atoms with Crippen LogP contribution >= 0.6 is 0 Å². The number of pyridine rings is 1. The fourth-order valence-electron chi connectivity index (χ4n) is 3.48. The fraction of sp³-hybridized carbons (Fsp3) is 0.273. The second-order valence-electron chi connectivity index (χ2n) is 6.98. The summed E-state index contributed by atoms with van der Waals surface area (Å²) < 4.78 is 10.9. The normalized spacial score (nSPS) is 19.5. The molecular formula is C22H22N2O4. The van der Waals surface area contributed by atoms with E-state index < -0.39 is 0 Å². The van der Waals surface area contributed by atoms with Gasteiger partial charge in [0.2, 0.25) is 0 Å². The zero-order chi connectivity index (χ0) is 19.5. The molecule has 1 aliphatic rings. The van der Waals surface area contributed by atoms with Gasteiger partial charge >= 0.3 is 0 Å². The van der Waals surface area contributed by atoms with Gasteiger partial charge in [0.05, 0.1) is 24.9 Å². The molecule has 1 aromatic carbocycles. The van der Waals surface area contributed by atoms with Crippen molar-refractivity contribution in [3.05, 3.63) is 72.2 Å². The predicted molar refractivity (Wildman–Crippen MR) is 104 cm³/mol. The van der Waals surface area contributed by atoms with Crippen LogP contribution in [0.1, 0.15) is 35.1 Å². The van der Waals surface area contributed by atoms with Crippen LogP contribution in [-0.2, 0) is 0 Å². The van der Waals surface area contributed by atoms with Crippen LogP contribution in [0.4, 0.5) is 0 Å². The topological polar surface area (TPSA) is 84.6 Å². The Labute approximate surface area is 163 Å². The molecule has 1 fully saturated rings. The minimum Gasteiger partial charge on any atom is -0.497 e. The lowest BCUT2D eigenvalue weighted by Crippen LogP contribution is -2.41. The number of ether oxygens (including phenoxy) is 1. The number of aliphatic hydroxyl groups is 1. The molecule has 1 unspecified atom stereocenters. The van der Waals surface area contributed by atoms with Crippen molar-refractivity contribution in [2.75, 3.05) is 7.11 Å². The number of aromatic nitrogens is 1. The molecule has 0 aliphatic heterocycles. The van der Waals surface area contributed by atoms with Gasteiger partial charge in [0.15, 0.2) is 5.76 Å². The lowest BCUT2D eigenvalue weighted by Gasteiger charge is -2.37. The van der Waals surface area contributed by atoms with Crippen molar-refractivity contribution >= 4 is 5.91 Å². The summed E-state index contributed by atoms with van der Waals surface area (Å²) in [6.07, 6.45) is 2.70. The number of aliphatic hydroxyl groups excluding tert-OH is 1. The third-order valence-electron chi connectivity index (χ3n) is 5.12. The molecule has 1 saturated carbocycles. The fourth-order valence-corrected chi connectivity index (χ4v) is 3.48. The van der Waals surface area contributed by atoms with Crippen LogP contribution in [0.5, 0.6) is 5.75 Å². The molecule has 28 heavy (non-hydrogen) atoms. The van der Waals surface area contributed by atoms with Crippen molar-refractivity contribution in [2.45, 2.75) is 25.0 Å². The number of hydrogen-bond acceptors (Lipinski definition) is 5. The smallest absolute Gasteiger partial charge is 0.287 e. The summed E-state index contributed by atoms with van der Waals surface area (Å²) in [7, 11) is 1.61. The molecule has 6 nitrogen and oxygen atoms in total. The molecule has 2 aromatic heterocycles.